The Labute approximate surface area is 151 Å². The predicted octanol–water partition coefficient (Wildman–Crippen LogP) is 3.98. The molecule has 0 fully saturated rings. The number of hydrogen-bond donors (Lipinski definition) is 2. The molecule has 0 amide bonds. The van der Waals surface area contributed by atoms with E-state index in [-0.39, 0.29) is 5.56 Å². The first-order valence-electron chi connectivity index (χ1n) is 8.43. The maximum absolute atomic E-state index is 12.0. The van der Waals surface area contributed by atoms with E-state index in [1.807, 2.05) is 48.5 Å². The van der Waals surface area contributed by atoms with Crippen LogP contribution in [-0.2, 0) is 0 Å². The van der Waals surface area contributed by atoms with Crippen molar-refractivity contribution in [2.75, 3.05) is 19.0 Å². The van der Waals surface area contributed by atoms with Crippen molar-refractivity contribution in [2.45, 2.75) is 13.3 Å². The summed E-state index contributed by atoms with van der Waals surface area (Å²) in [5.41, 5.74) is 1.97. The van der Waals surface area contributed by atoms with Crippen LogP contribution in [-0.4, -0.2) is 23.7 Å². The van der Waals surface area contributed by atoms with Gasteiger partial charge in [-0.3, -0.25) is 9.78 Å². The van der Waals surface area contributed by atoms with E-state index < -0.39 is 0 Å². The van der Waals surface area contributed by atoms with Crippen molar-refractivity contribution < 1.29 is 9.47 Å². The van der Waals surface area contributed by atoms with Crippen molar-refractivity contribution in [3.05, 3.63) is 65.0 Å². The number of nitrogens with one attached hydrogen (secondary N) is 2. The Kier molecular flexibility index (Phi) is 5.53. The van der Waals surface area contributed by atoms with Gasteiger partial charge in [0, 0.05) is 23.4 Å². The third-order valence-electron chi connectivity index (χ3n) is 3.70. The highest BCUT2D eigenvalue weighted by Gasteiger charge is 2.06. The molecule has 0 atom stereocenters. The maximum Gasteiger partial charge on any atom is 0.252 e. The third kappa shape index (κ3) is 4.42. The zero-order valence-corrected chi connectivity index (χ0v) is 14.8. The van der Waals surface area contributed by atoms with Gasteiger partial charge in [0.15, 0.2) is 0 Å². The first kappa shape index (κ1) is 17.5. The van der Waals surface area contributed by atoms with Crippen molar-refractivity contribution in [1.82, 2.24) is 9.97 Å². The second-order valence-corrected chi connectivity index (χ2v) is 5.71. The SMILES string of the molecule is CCCOc1cccc(Nc2nc(-c3ccc(OC)cc3)cc(=O)[nH]2)c1. The summed E-state index contributed by atoms with van der Waals surface area (Å²) in [7, 11) is 1.61. The summed E-state index contributed by atoms with van der Waals surface area (Å²) in [6.45, 7) is 2.72. The number of benzene rings is 2. The van der Waals surface area contributed by atoms with Gasteiger partial charge in [0.05, 0.1) is 19.4 Å². The van der Waals surface area contributed by atoms with Gasteiger partial charge in [-0.25, -0.2) is 4.98 Å². The lowest BCUT2D eigenvalue weighted by molar-refractivity contribution is 0.317. The van der Waals surface area contributed by atoms with Crippen LogP contribution in [0.1, 0.15) is 13.3 Å². The fourth-order valence-electron chi connectivity index (χ4n) is 2.45. The highest BCUT2D eigenvalue weighted by Crippen LogP contribution is 2.23. The fraction of sp³-hybridized carbons (Fsp3) is 0.200. The van der Waals surface area contributed by atoms with E-state index >= 15 is 0 Å². The minimum Gasteiger partial charge on any atom is -0.497 e. The van der Waals surface area contributed by atoms with E-state index in [4.69, 9.17) is 9.47 Å². The van der Waals surface area contributed by atoms with Gasteiger partial charge in [0.25, 0.3) is 5.56 Å². The average molecular weight is 351 g/mol. The van der Waals surface area contributed by atoms with Crippen LogP contribution in [0.2, 0.25) is 0 Å². The van der Waals surface area contributed by atoms with Gasteiger partial charge in [0.2, 0.25) is 5.95 Å². The fourth-order valence-corrected chi connectivity index (χ4v) is 2.45. The molecule has 0 saturated heterocycles. The molecule has 2 N–H and O–H groups in total. The molecule has 134 valence electrons. The highest BCUT2D eigenvalue weighted by molar-refractivity contribution is 5.63. The van der Waals surface area contributed by atoms with Gasteiger partial charge in [-0.1, -0.05) is 13.0 Å². The molecule has 3 aromatic rings. The Morgan fingerprint density at radius 2 is 1.88 bits per heavy atom. The number of nitrogens with zero attached hydrogens (tertiary/aromatic N) is 1. The maximum atomic E-state index is 12.0. The molecule has 2 aromatic carbocycles. The molecular weight excluding hydrogens is 330 g/mol. The molecule has 0 bridgehead atoms. The van der Waals surface area contributed by atoms with Crippen LogP contribution in [0.5, 0.6) is 11.5 Å². The van der Waals surface area contributed by atoms with Crippen molar-refractivity contribution >= 4 is 11.6 Å². The lowest BCUT2D eigenvalue weighted by Crippen LogP contribution is -2.10. The van der Waals surface area contributed by atoms with Crippen LogP contribution >= 0.6 is 0 Å². The van der Waals surface area contributed by atoms with Crippen molar-refractivity contribution in [2.24, 2.45) is 0 Å². The number of hydrogen-bond acceptors (Lipinski definition) is 5. The summed E-state index contributed by atoms with van der Waals surface area (Å²) in [5.74, 6) is 1.89. The monoisotopic (exact) mass is 351 g/mol. The molecule has 0 aliphatic rings. The zero-order chi connectivity index (χ0) is 18.4. The zero-order valence-electron chi connectivity index (χ0n) is 14.8. The summed E-state index contributed by atoms with van der Waals surface area (Å²) in [5, 5.41) is 3.12. The third-order valence-corrected chi connectivity index (χ3v) is 3.70. The second-order valence-electron chi connectivity index (χ2n) is 5.71. The Morgan fingerprint density at radius 1 is 1.08 bits per heavy atom. The number of methoxy groups -OCH3 is 1. The lowest BCUT2D eigenvalue weighted by atomic mass is 10.1. The van der Waals surface area contributed by atoms with Gasteiger partial charge >= 0.3 is 0 Å². The molecular formula is C20H21N3O3. The molecule has 0 spiro atoms. The quantitative estimate of drug-likeness (QED) is 0.673. The molecule has 26 heavy (non-hydrogen) atoms. The highest BCUT2D eigenvalue weighted by atomic mass is 16.5. The van der Waals surface area contributed by atoms with Crippen LogP contribution in [0.25, 0.3) is 11.3 Å². The molecule has 6 nitrogen and oxygen atoms in total. The molecule has 3 rings (SSSR count). The van der Waals surface area contributed by atoms with Gasteiger partial charge in [-0.05, 0) is 42.8 Å². The Bertz CT molecular complexity index is 920. The Morgan fingerprint density at radius 3 is 2.62 bits per heavy atom. The van der Waals surface area contributed by atoms with Crippen molar-refractivity contribution in [3.63, 3.8) is 0 Å². The molecule has 0 aliphatic carbocycles. The number of rotatable bonds is 7. The topological polar surface area (TPSA) is 76.2 Å². The van der Waals surface area contributed by atoms with Crippen LogP contribution in [0.15, 0.2) is 59.4 Å². The van der Waals surface area contributed by atoms with Gasteiger partial charge < -0.3 is 14.8 Å². The number of aromatic amines is 1. The standard InChI is InChI=1S/C20H21N3O3/c1-3-11-26-17-6-4-5-15(12-17)21-20-22-18(13-19(24)23-20)14-7-9-16(25-2)10-8-14/h4-10,12-13H,3,11H2,1-2H3,(H2,21,22,23,24). The van der Waals surface area contributed by atoms with Gasteiger partial charge in [0.1, 0.15) is 11.5 Å². The summed E-state index contributed by atoms with van der Waals surface area (Å²) < 4.78 is 10.8. The van der Waals surface area contributed by atoms with Crippen LogP contribution in [0.3, 0.4) is 0 Å². The molecule has 0 unspecified atom stereocenters. The minimum absolute atomic E-state index is 0.230. The van der Waals surface area contributed by atoms with E-state index in [1.54, 1.807) is 7.11 Å². The predicted molar refractivity (Wildman–Crippen MR) is 102 cm³/mol. The van der Waals surface area contributed by atoms with E-state index in [1.165, 1.54) is 6.07 Å². The van der Waals surface area contributed by atoms with Crippen LogP contribution in [0, 0.1) is 0 Å². The molecule has 0 saturated carbocycles. The Hall–Kier alpha value is -3.28. The van der Waals surface area contributed by atoms with Crippen LogP contribution < -0.4 is 20.3 Å². The summed E-state index contributed by atoms with van der Waals surface area (Å²) in [6.07, 6.45) is 0.941. The molecule has 1 heterocycles. The summed E-state index contributed by atoms with van der Waals surface area (Å²) >= 11 is 0. The number of ether oxygens (including phenoxy) is 2. The van der Waals surface area contributed by atoms with E-state index in [0.717, 1.165) is 29.2 Å². The first-order valence-corrected chi connectivity index (χ1v) is 8.43. The molecule has 0 radical (unpaired) electrons. The number of aromatic nitrogens is 2. The Balaban J connectivity index is 1.84. The average Bonchev–Trinajstić information content (AvgIpc) is 2.66. The summed E-state index contributed by atoms with van der Waals surface area (Å²) in [4.78, 5) is 19.2. The van der Waals surface area contributed by atoms with Crippen molar-refractivity contribution in [1.29, 1.82) is 0 Å². The van der Waals surface area contributed by atoms with E-state index in [2.05, 4.69) is 22.2 Å². The largest absolute Gasteiger partial charge is 0.497 e. The molecule has 1 aromatic heterocycles. The normalized spacial score (nSPS) is 10.4. The summed E-state index contributed by atoms with van der Waals surface area (Å²) in [6, 6.07) is 16.4. The van der Waals surface area contributed by atoms with E-state index in [0.29, 0.717) is 18.2 Å². The van der Waals surface area contributed by atoms with E-state index in [9.17, 15) is 4.79 Å². The second kappa shape index (κ2) is 8.20. The minimum atomic E-state index is -0.230. The number of anilines is 2. The molecule has 6 heteroatoms. The number of H-pyrrole nitrogens is 1. The van der Waals surface area contributed by atoms with Crippen LogP contribution in [0.4, 0.5) is 11.6 Å². The van der Waals surface area contributed by atoms with Gasteiger partial charge in [-0.15, -0.1) is 0 Å². The first-order chi connectivity index (χ1) is 12.7. The lowest BCUT2D eigenvalue weighted by Gasteiger charge is -2.10. The smallest absolute Gasteiger partial charge is 0.252 e. The molecule has 0 aliphatic heterocycles. The van der Waals surface area contributed by atoms with Gasteiger partial charge in [-0.2, -0.15) is 0 Å². The van der Waals surface area contributed by atoms with Crippen molar-refractivity contribution in [3.8, 4) is 22.8 Å².